The molecule has 0 amide bonds. The van der Waals surface area contributed by atoms with E-state index in [2.05, 4.69) is 40.6 Å². The van der Waals surface area contributed by atoms with Crippen LogP contribution in [-0.4, -0.2) is 42.1 Å². The van der Waals surface area contributed by atoms with Gasteiger partial charge in [0.05, 0.1) is 6.07 Å². The largest absolute Gasteiger partial charge is 0.367 e. The number of nitriles is 1. The Morgan fingerprint density at radius 3 is 2.79 bits per heavy atom. The number of rotatable bonds is 5. The third-order valence-corrected chi connectivity index (χ3v) is 4.54. The maximum Gasteiger partial charge on any atom is 0.106 e. The lowest BCUT2D eigenvalue weighted by Gasteiger charge is -2.38. The molecule has 0 atom stereocenters. The summed E-state index contributed by atoms with van der Waals surface area (Å²) in [5.74, 6) is 0. The van der Waals surface area contributed by atoms with Crippen molar-refractivity contribution in [2.45, 2.75) is 43.7 Å². The number of aromatic nitrogens is 1. The molecular formula is C15H24N4. The van der Waals surface area contributed by atoms with Crippen LogP contribution in [0.4, 0.5) is 0 Å². The Balaban J connectivity index is 1.79. The van der Waals surface area contributed by atoms with Crippen LogP contribution in [0.3, 0.4) is 0 Å². The van der Waals surface area contributed by atoms with E-state index in [1.807, 2.05) is 13.2 Å². The molecule has 2 rings (SSSR count). The molecule has 2 N–H and O–H groups in total. The molecule has 0 saturated heterocycles. The molecule has 1 aromatic rings. The summed E-state index contributed by atoms with van der Waals surface area (Å²) in [5, 5.41) is 12.5. The van der Waals surface area contributed by atoms with Crippen molar-refractivity contribution in [3.63, 3.8) is 0 Å². The summed E-state index contributed by atoms with van der Waals surface area (Å²) in [5.41, 5.74) is 1.09. The highest BCUT2D eigenvalue weighted by Gasteiger charge is 2.34. The van der Waals surface area contributed by atoms with Crippen molar-refractivity contribution < 1.29 is 0 Å². The van der Waals surface area contributed by atoms with Gasteiger partial charge in [0.2, 0.25) is 0 Å². The van der Waals surface area contributed by atoms with Gasteiger partial charge in [-0.25, -0.2) is 0 Å². The number of hydrogen-bond donors (Lipinski definition) is 2. The number of aromatic amines is 1. The molecule has 1 aliphatic carbocycles. The smallest absolute Gasteiger partial charge is 0.106 e. The molecule has 0 radical (unpaired) electrons. The number of likely N-dealkylation sites (N-methyl/N-ethyl adjacent to an activating group) is 1. The van der Waals surface area contributed by atoms with Gasteiger partial charge < -0.3 is 15.2 Å². The van der Waals surface area contributed by atoms with Crippen LogP contribution in [0.25, 0.3) is 0 Å². The fraction of sp³-hybridized carbons (Fsp3) is 0.667. The fourth-order valence-electron chi connectivity index (χ4n) is 2.96. The minimum Gasteiger partial charge on any atom is -0.367 e. The molecule has 0 spiro atoms. The van der Waals surface area contributed by atoms with E-state index in [9.17, 15) is 5.26 Å². The van der Waals surface area contributed by atoms with Crippen molar-refractivity contribution in [1.29, 1.82) is 5.26 Å². The molecule has 1 fully saturated rings. The highest BCUT2D eigenvalue weighted by molar-refractivity contribution is 5.10. The Morgan fingerprint density at radius 2 is 2.26 bits per heavy atom. The summed E-state index contributed by atoms with van der Waals surface area (Å²) in [6.45, 7) is 1.08. The number of hydrogen-bond acceptors (Lipinski definition) is 3. The second kappa shape index (κ2) is 6.23. The van der Waals surface area contributed by atoms with Gasteiger partial charge in [-0.15, -0.1) is 0 Å². The monoisotopic (exact) mass is 260 g/mol. The predicted octanol–water partition coefficient (Wildman–Crippen LogP) is 1.91. The van der Waals surface area contributed by atoms with Gasteiger partial charge in [0.1, 0.15) is 5.54 Å². The van der Waals surface area contributed by atoms with Crippen molar-refractivity contribution in [3.8, 4) is 6.07 Å². The number of nitrogens with zero attached hydrogens (tertiary/aromatic N) is 2. The van der Waals surface area contributed by atoms with Gasteiger partial charge in [-0.05, 0) is 57.8 Å². The average Bonchev–Trinajstić information content (AvgIpc) is 2.98. The SMILES string of the molecule is CNC1(C#N)CCC(N(C)CCc2cc[nH]c2)CC1. The van der Waals surface area contributed by atoms with Crippen LogP contribution >= 0.6 is 0 Å². The second-order valence-corrected chi connectivity index (χ2v) is 5.62. The highest BCUT2D eigenvalue weighted by Crippen LogP contribution is 2.29. The summed E-state index contributed by atoms with van der Waals surface area (Å²) in [4.78, 5) is 5.54. The van der Waals surface area contributed by atoms with E-state index in [1.165, 1.54) is 5.56 Å². The zero-order valence-corrected chi connectivity index (χ0v) is 11.9. The van der Waals surface area contributed by atoms with Crippen LogP contribution < -0.4 is 5.32 Å². The van der Waals surface area contributed by atoms with Gasteiger partial charge in [0.15, 0.2) is 0 Å². The second-order valence-electron chi connectivity index (χ2n) is 5.62. The van der Waals surface area contributed by atoms with Gasteiger partial charge in [-0.3, -0.25) is 0 Å². The molecule has 0 aliphatic heterocycles. The summed E-state index contributed by atoms with van der Waals surface area (Å²) in [7, 11) is 4.11. The normalized spacial score (nSPS) is 27.4. The summed E-state index contributed by atoms with van der Waals surface area (Å²) in [6.07, 6.45) is 9.26. The third kappa shape index (κ3) is 3.37. The van der Waals surface area contributed by atoms with Crippen molar-refractivity contribution in [1.82, 2.24) is 15.2 Å². The molecule has 19 heavy (non-hydrogen) atoms. The molecular weight excluding hydrogens is 236 g/mol. The Labute approximate surface area is 115 Å². The van der Waals surface area contributed by atoms with E-state index in [0.29, 0.717) is 6.04 Å². The summed E-state index contributed by atoms with van der Waals surface area (Å²) in [6, 6.07) is 5.20. The molecule has 1 aliphatic rings. The van der Waals surface area contributed by atoms with Crippen LogP contribution in [-0.2, 0) is 6.42 Å². The first-order chi connectivity index (χ1) is 9.19. The van der Waals surface area contributed by atoms with E-state index in [4.69, 9.17) is 0 Å². The van der Waals surface area contributed by atoms with Crippen LogP contribution in [0.2, 0.25) is 0 Å². The van der Waals surface area contributed by atoms with E-state index in [-0.39, 0.29) is 5.54 Å². The van der Waals surface area contributed by atoms with E-state index >= 15 is 0 Å². The lowest BCUT2D eigenvalue weighted by Crippen LogP contribution is -2.48. The zero-order chi connectivity index (χ0) is 13.7. The Bertz CT molecular complexity index is 410. The zero-order valence-electron chi connectivity index (χ0n) is 11.9. The van der Waals surface area contributed by atoms with Gasteiger partial charge in [-0.1, -0.05) is 0 Å². The minimum atomic E-state index is -0.280. The topological polar surface area (TPSA) is 54.9 Å². The van der Waals surface area contributed by atoms with Crippen LogP contribution in [0.1, 0.15) is 31.2 Å². The number of nitrogens with one attached hydrogen (secondary N) is 2. The third-order valence-electron chi connectivity index (χ3n) is 4.54. The Hall–Kier alpha value is -1.31. The first-order valence-electron chi connectivity index (χ1n) is 7.11. The van der Waals surface area contributed by atoms with Gasteiger partial charge in [0.25, 0.3) is 0 Å². The van der Waals surface area contributed by atoms with Crippen LogP contribution in [0, 0.1) is 11.3 Å². The number of H-pyrrole nitrogens is 1. The molecule has 1 aromatic heterocycles. The van der Waals surface area contributed by atoms with Crippen molar-refractivity contribution >= 4 is 0 Å². The molecule has 0 bridgehead atoms. The van der Waals surface area contributed by atoms with Crippen LogP contribution in [0.5, 0.6) is 0 Å². The maximum atomic E-state index is 9.27. The molecule has 104 valence electrons. The van der Waals surface area contributed by atoms with Crippen molar-refractivity contribution in [2.75, 3.05) is 20.6 Å². The van der Waals surface area contributed by atoms with E-state index in [0.717, 1.165) is 38.6 Å². The molecule has 4 heteroatoms. The Morgan fingerprint density at radius 1 is 1.53 bits per heavy atom. The lowest BCUT2D eigenvalue weighted by molar-refractivity contribution is 0.158. The Kier molecular flexibility index (Phi) is 4.62. The molecule has 1 saturated carbocycles. The van der Waals surface area contributed by atoms with Crippen molar-refractivity contribution in [2.24, 2.45) is 0 Å². The van der Waals surface area contributed by atoms with Gasteiger partial charge in [0, 0.05) is 25.0 Å². The van der Waals surface area contributed by atoms with Gasteiger partial charge in [-0.2, -0.15) is 5.26 Å². The predicted molar refractivity (Wildman–Crippen MR) is 76.8 cm³/mol. The summed E-state index contributed by atoms with van der Waals surface area (Å²) < 4.78 is 0. The first kappa shape index (κ1) is 14.1. The fourth-order valence-corrected chi connectivity index (χ4v) is 2.96. The molecule has 0 aromatic carbocycles. The summed E-state index contributed by atoms with van der Waals surface area (Å²) >= 11 is 0. The van der Waals surface area contributed by atoms with E-state index in [1.54, 1.807) is 0 Å². The standard InChI is InChI=1S/C15H24N4/c1-17-15(12-16)7-3-14(4-8-15)19(2)10-6-13-5-9-18-11-13/h5,9,11,14,17-18H,3-4,6-8,10H2,1-2H3. The quantitative estimate of drug-likeness (QED) is 0.850. The van der Waals surface area contributed by atoms with Crippen LogP contribution in [0.15, 0.2) is 18.5 Å². The lowest BCUT2D eigenvalue weighted by atomic mass is 9.80. The minimum absolute atomic E-state index is 0.280. The molecule has 0 unspecified atom stereocenters. The van der Waals surface area contributed by atoms with Crippen molar-refractivity contribution in [3.05, 3.63) is 24.0 Å². The molecule has 1 heterocycles. The van der Waals surface area contributed by atoms with Gasteiger partial charge >= 0.3 is 0 Å². The van der Waals surface area contributed by atoms with E-state index < -0.39 is 0 Å². The maximum absolute atomic E-state index is 9.27. The highest BCUT2D eigenvalue weighted by atomic mass is 15.1. The average molecular weight is 260 g/mol. The first-order valence-corrected chi connectivity index (χ1v) is 7.11. The molecule has 4 nitrogen and oxygen atoms in total.